The molecule has 0 fully saturated rings. The van der Waals surface area contributed by atoms with Crippen molar-refractivity contribution in [2.45, 2.75) is 40.0 Å². The number of carbonyl (C=O) groups excluding carboxylic acids is 1. The van der Waals surface area contributed by atoms with Crippen molar-refractivity contribution < 1.29 is 19.4 Å². The largest absolute Gasteiger partial charge is 0.507 e. The Morgan fingerprint density at radius 3 is 2.42 bits per heavy atom. The Labute approximate surface area is 155 Å². The fourth-order valence-corrected chi connectivity index (χ4v) is 2.54. The van der Waals surface area contributed by atoms with Gasteiger partial charge in [-0.15, -0.1) is 0 Å². The van der Waals surface area contributed by atoms with Crippen molar-refractivity contribution in [1.29, 1.82) is 0 Å². The fourth-order valence-electron chi connectivity index (χ4n) is 2.54. The van der Waals surface area contributed by atoms with Crippen LogP contribution >= 0.6 is 0 Å². The molecule has 26 heavy (non-hydrogen) atoms. The number of Topliss-reactive ketones (excluding diaryl/α,β-unsaturated/α-hetero) is 1. The van der Waals surface area contributed by atoms with Crippen molar-refractivity contribution in [1.82, 2.24) is 4.98 Å². The minimum absolute atomic E-state index is 0.104. The minimum atomic E-state index is -0.104. The van der Waals surface area contributed by atoms with E-state index in [2.05, 4.69) is 4.98 Å². The van der Waals surface area contributed by atoms with Gasteiger partial charge in [0.25, 0.3) is 0 Å². The predicted octanol–water partition coefficient (Wildman–Crippen LogP) is 4.10. The van der Waals surface area contributed by atoms with E-state index in [1.54, 1.807) is 19.3 Å². The molecule has 2 aromatic rings. The van der Waals surface area contributed by atoms with Crippen molar-refractivity contribution in [2.75, 3.05) is 13.2 Å². The molecular weight excluding hydrogens is 330 g/mol. The first-order chi connectivity index (χ1) is 12.5. The molecule has 1 aromatic carbocycles. The van der Waals surface area contributed by atoms with Gasteiger partial charge >= 0.3 is 0 Å². The fraction of sp³-hybridized carbons (Fsp3) is 0.429. The van der Waals surface area contributed by atoms with E-state index in [1.807, 2.05) is 38.1 Å². The average molecular weight is 357 g/mol. The van der Waals surface area contributed by atoms with Crippen LogP contribution in [0.2, 0.25) is 0 Å². The molecule has 0 saturated carbocycles. The number of unbranched alkanes of at least 4 members (excludes halogenated alkanes) is 1. The zero-order chi connectivity index (χ0) is 18.9. The maximum atomic E-state index is 11.4. The van der Waals surface area contributed by atoms with Gasteiger partial charge in [-0.05, 0) is 56.9 Å². The first-order valence-corrected chi connectivity index (χ1v) is 8.96. The Kier molecular flexibility index (Phi) is 7.45. The SMILES string of the molecule is CC(=O)C(C)Cc1ccc(OCCCCOc2ccncc2)c(C)c1O. The number of aromatic hydroxyl groups is 1. The van der Waals surface area contributed by atoms with Crippen molar-refractivity contribution in [3.05, 3.63) is 47.8 Å². The maximum absolute atomic E-state index is 11.4. The summed E-state index contributed by atoms with van der Waals surface area (Å²) in [6, 6.07) is 7.36. The molecule has 0 saturated heterocycles. The molecule has 1 N–H and O–H groups in total. The van der Waals surface area contributed by atoms with Gasteiger partial charge in [0, 0.05) is 23.9 Å². The van der Waals surface area contributed by atoms with Gasteiger partial charge in [-0.1, -0.05) is 13.0 Å². The maximum Gasteiger partial charge on any atom is 0.132 e. The summed E-state index contributed by atoms with van der Waals surface area (Å²) in [6.45, 7) is 6.46. The summed E-state index contributed by atoms with van der Waals surface area (Å²) < 4.78 is 11.4. The van der Waals surface area contributed by atoms with Crippen LogP contribution in [0.25, 0.3) is 0 Å². The number of rotatable bonds is 10. The van der Waals surface area contributed by atoms with E-state index in [4.69, 9.17) is 9.47 Å². The third kappa shape index (κ3) is 5.76. The number of ether oxygens (including phenoxy) is 2. The number of pyridine rings is 1. The van der Waals surface area contributed by atoms with Crippen LogP contribution < -0.4 is 9.47 Å². The third-order valence-electron chi connectivity index (χ3n) is 4.40. The number of hydrogen-bond donors (Lipinski definition) is 1. The summed E-state index contributed by atoms with van der Waals surface area (Å²) in [5.41, 5.74) is 1.49. The lowest BCUT2D eigenvalue weighted by Gasteiger charge is -2.15. The molecule has 2 rings (SSSR count). The molecule has 0 aliphatic heterocycles. The minimum Gasteiger partial charge on any atom is -0.507 e. The summed E-state index contributed by atoms with van der Waals surface area (Å²) in [4.78, 5) is 15.4. The lowest BCUT2D eigenvalue weighted by Crippen LogP contribution is -2.10. The Hall–Kier alpha value is -2.56. The number of phenols is 1. The Morgan fingerprint density at radius 2 is 1.77 bits per heavy atom. The molecule has 0 spiro atoms. The molecule has 0 amide bonds. The third-order valence-corrected chi connectivity index (χ3v) is 4.40. The van der Waals surface area contributed by atoms with Gasteiger partial charge < -0.3 is 14.6 Å². The molecule has 0 aliphatic carbocycles. The summed E-state index contributed by atoms with van der Waals surface area (Å²) in [5, 5.41) is 10.4. The smallest absolute Gasteiger partial charge is 0.132 e. The highest BCUT2D eigenvalue weighted by Gasteiger charge is 2.15. The van der Waals surface area contributed by atoms with Gasteiger partial charge in [0.15, 0.2) is 0 Å². The number of benzene rings is 1. The van der Waals surface area contributed by atoms with Crippen LogP contribution in [0.4, 0.5) is 0 Å². The predicted molar refractivity (Wildman–Crippen MR) is 101 cm³/mol. The molecule has 140 valence electrons. The van der Waals surface area contributed by atoms with Crippen LogP contribution in [0.3, 0.4) is 0 Å². The highest BCUT2D eigenvalue weighted by molar-refractivity contribution is 5.78. The highest BCUT2D eigenvalue weighted by atomic mass is 16.5. The van der Waals surface area contributed by atoms with Crippen molar-refractivity contribution in [2.24, 2.45) is 5.92 Å². The monoisotopic (exact) mass is 357 g/mol. The molecule has 0 aliphatic rings. The van der Waals surface area contributed by atoms with E-state index >= 15 is 0 Å². The normalized spacial score (nSPS) is 11.8. The summed E-state index contributed by atoms with van der Waals surface area (Å²) in [5.74, 6) is 1.73. The summed E-state index contributed by atoms with van der Waals surface area (Å²) in [6.07, 6.45) is 5.67. The number of phenolic OH excluding ortho intramolecular Hbond substituents is 1. The first kappa shape index (κ1) is 19.8. The zero-order valence-corrected chi connectivity index (χ0v) is 15.7. The van der Waals surface area contributed by atoms with Gasteiger partial charge in [-0.2, -0.15) is 0 Å². The van der Waals surface area contributed by atoms with E-state index < -0.39 is 0 Å². The average Bonchev–Trinajstić information content (AvgIpc) is 2.64. The molecular formula is C21H27NO4. The van der Waals surface area contributed by atoms with E-state index in [0.29, 0.717) is 30.9 Å². The van der Waals surface area contributed by atoms with Crippen LogP contribution in [0.1, 0.15) is 37.8 Å². The van der Waals surface area contributed by atoms with Crippen molar-refractivity contribution in [3.8, 4) is 17.2 Å². The molecule has 5 heteroatoms. The van der Waals surface area contributed by atoms with E-state index in [9.17, 15) is 9.90 Å². The van der Waals surface area contributed by atoms with Crippen molar-refractivity contribution in [3.63, 3.8) is 0 Å². The summed E-state index contributed by atoms with van der Waals surface area (Å²) >= 11 is 0. The molecule has 1 aromatic heterocycles. The number of aromatic nitrogens is 1. The van der Waals surface area contributed by atoms with Crippen LogP contribution in [0, 0.1) is 12.8 Å². The molecule has 1 atom stereocenters. The molecule has 0 bridgehead atoms. The summed E-state index contributed by atoms with van der Waals surface area (Å²) in [7, 11) is 0. The first-order valence-electron chi connectivity index (χ1n) is 8.96. The molecule has 1 heterocycles. The Bertz CT molecular complexity index is 715. The highest BCUT2D eigenvalue weighted by Crippen LogP contribution is 2.32. The second-order valence-corrected chi connectivity index (χ2v) is 6.50. The van der Waals surface area contributed by atoms with Crippen LogP contribution in [-0.2, 0) is 11.2 Å². The standard InChI is InChI=1S/C21H27NO4/c1-15(17(3)23)14-18-6-7-20(16(2)21(18)24)26-13-5-4-12-25-19-8-10-22-11-9-19/h6-11,15,24H,4-5,12-14H2,1-3H3. The van der Waals surface area contributed by atoms with Gasteiger partial charge in [-0.3, -0.25) is 9.78 Å². The van der Waals surface area contributed by atoms with E-state index in [1.165, 1.54) is 0 Å². The van der Waals surface area contributed by atoms with Crippen LogP contribution in [0.15, 0.2) is 36.7 Å². The Balaban J connectivity index is 1.77. The topological polar surface area (TPSA) is 68.7 Å². The number of nitrogens with zero attached hydrogens (tertiary/aromatic N) is 1. The number of hydrogen-bond acceptors (Lipinski definition) is 5. The van der Waals surface area contributed by atoms with Gasteiger partial charge in [0.05, 0.1) is 13.2 Å². The van der Waals surface area contributed by atoms with Gasteiger partial charge in [0.1, 0.15) is 23.0 Å². The quantitative estimate of drug-likeness (QED) is 0.648. The molecule has 0 radical (unpaired) electrons. The van der Waals surface area contributed by atoms with E-state index in [0.717, 1.165) is 24.2 Å². The zero-order valence-electron chi connectivity index (χ0n) is 15.7. The van der Waals surface area contributed by atoms with E-state index in [-0.39, 0.29) is 17.5 Å². The van der Waals surface area contributed by atoms with Crippen LogP contribution in [-0.4, -0.2) is 29.1 Å². The second-order valence-electron chi connectivity index (χ2n) is 6.50. The Morgan fingerprint density at radius 1 is 1.12 bits per heavy atom. The van der Waals surface area contributed by atoms with Crippen molar-refractivity contribution >= 4 is 5.78 Å². The lowest BCUT2D eigenvalue weighted by atomic mass is 9.95. The number of carbonyl (C=O) groups is 1. The van der Waals surface area contributed by atoms with Crippen LogP contribution in [0.5, 0.6) is 17.2 Å². The van der Waals surface area contributed by atoms with Gasteiger partial charge in [0.2, 0.25) is 0 Å². The molecule has 1 unspecified atom stereocenters. The second kappa shape index (κ2) is 9.80. The molecule has 5 nitrogen and oxygen atoms in total. The van der Waals surface area contributed by atoms with Gasteiger partial charge in [-0.25, -0.2) is 0 Å². The number of ketones is 1. The lowest BCUT2D eigenvalue weighted by molar-refractivity contribution is -0.120.